The Kier molecular flexibility index (Phi) is 8.69. The van der Waals surface area contributed by atoms with Crippen LogP contribution in [0.2, 0.25) is 0 Å². The van der Waals surface area contributed by atoms with E-state index in [2.05, 4.69) is 46.2 Å². The van der Waals surface area contributed by atoms with E-state index in [1.54, 1.807) is 4.80 Å². The third-order valence-electron chi connectivity index (χ3n) is 4.76. The first kappa shape index (κ1) is 24.2. The van der Waals surface area contributed by atoms with Crippen LogP contribution in [0.5, 0.6) is 0 Å². The van der Waals surface area contributed by atoms with Gasteiger partial charge in [-0.25, -0.2) is 4.57 Å². The molecular formula is C19H31N6O4P. The van der Waals surface area contributed by atoms with E-state index in [1.165, 1.54) is 6.42 Å². The lowest BCUT2D eigenvalue weighted by molar-refractivity contribution is 0.275. The second-order valence-electron chi connectivity index (χ2n) is 7.10. The fraction of sp³-hybridized carbons (Fsp3) is 0.526. The quantitative estimate of drug-likeness (QED) is 0.391. The van der Waals surface area contributed by atoms with Gasteiger partial charge in [0.1, 0.15) is 11.0 Å². The topological polar surface area (TPSA) is 137 Å². The average Bonchev–Trinajstić information content (AvgIpc) is 3.04. The lowest BCUT2D eigenvalue weighted by atomic mass is 10.1. The maximum Gasteiger partial charge on any atom is 0.466 e. The number of pyridine rings is 1. The molecule has 0 saturated carbocycles. The number of aromatic nitrogens is 4. The van der Waals surface area contributed by atoms with Crippen LogP contribution in [0.15, 0.2) is 24.4 Å². The van der Waals surface area contributed by atoms with Gasteiger partial charge in [-0.3, -0.25) is 4.98 Å². The highest BCUT2D eigenvalue weighted by atomic mass is 31.2. The molecule has 3 rings (SSSR count). The molecule has 0 spiro atoms. The van der Waals surface area contributed by atoms with Crippen LogP contribution in [0.25, 0.3) is 21.9 Å². The van der Waals surface area contributed by atoms with Crippen LogP contribution in [-0.2, 0) is 11.6 Å². The summed E-state index contributed by atoms with van der Waals surface area (Å²) in [6.07, 6.45) is 4.19. The highest BCUT2D eigenvalue weighted by molar-refractivity contribution is 7.45. The number of anilines is 1. The maximum atomic E-state index is 8.88. The Balaban J connectivity index is 0.000000575. The molecule has 11 heteroatoms. The molecule has 166 valence electrons. The largest absolute Gasteiger partial charge is 0.466 e. The third-order valence-corrected chi connectivity index (χ3v) is 4.76. The smallest absolute Gasteiger partial charge is 0.382 e. The predicted molar refractivity (Wildman–Crippen MR) is 118 cm³/mol. The fourth-order valence-electron chi connectivity index (χ4n) is 3.34. The van der Waals surface area contributed by atoms with E-state index in [0.717, 1.165) is 53.7 Å². The summed E-state index contributed by atoms with van der Waals surface area (Å²) in [5, 5.41) is 13.7. The van der Waals surface area contributed by atoms with Gasteiger partial charge >= 0.3 is 7.82 Å². The molecule has 0 fully saturated rings. The number of benzene rings is 1. The lowest BCUT2D eigenvalue weighted by Crippen LogP contribution is -2.25. The van der Waals surface area contributed by atoms with Gasteiger partial charge in [0.05, 0.1) is 10.9 Å². The Hall–Kier alpha value is -2.10. The van der Waals surface area contributed by atoms with E-state index in [4.69, 9.17) is 19.2 Å². The van der Waals surface area contributed by atoms with Crippen molar-refractivity contribution in [2.75, 3.05) is 25.0 Å². The summed E-state index contributed by atoms with van der Waals surface area (Å²) in [4.78, 5) is 30.1. The first-order valence-electron chi connectivity index (χ1n) is 9.98. The van der Waals surface area contributed by atoms with Crippen molar-refractivity contribution < 1.29 is 19.2 Å². The van der Waals surface area contributed by atoms with E-state index in [0.29, 0.717) is 6.04 Å². The Labute approximate surface area is 176 Å². The molecule has 1 aromatic carbocycles. The molecule has 10 nitrogen and oxygen atoms in total. The summed E-state index contributed by atoms with van der Waals surface area (Å²) in [6, 6.07) is 6.43. The summed E-state index contributed by atoms with van der Waals surface area (Å²) in [5.41, 5.74) is 3.85. The number of fused-ring (bicyclic) bond motifs is 3. The third kappa shape index (κ3) is 7.30. The molecule has 2 heterocycles. The summed E-state index contributed by atoms with van der Waals surface area (Å²) < 4.78 is 8.88. The van der Waals surface area contributed by atoms with Crippen molar-refractivity contribution in [3.63, 3.8) is 0 Å². The van der Waals surface area contributed by atoms with Crippen LogP contribution < -0.4 is 5.32 Å². The van der Waals surface area contributed by atoms with Crippen molar-refractivity contribution in [1.82, 2.24) is 24.9 Å². The molecular weight excluding hydrogens is 407 g/mol. The molecule has 1 unspecified atom stereocenters. The summed E-state index contributed by atoms with van der Waals surface area (Å²) in [6.45, 7) is 10.1. The Morgan fingerprint density at radius 3 is 2.40 bits per heavy atom. The average molecular weight is 438 g/mol. The van der Waals surface area contributed by atoms with E-state index >= 15 is 0 Å². The van der Waals surface area contributed by atoms with Crippen molar-refractivity contribution in [3.8, 4) is 0 Å². The summed E-state index contributed by atoms with van der Waals surface area (Å²) in [7, 11) is -2.79. The van der Waals surface area contributed by atoms with Crippen LogP contribution in [0, 0.1) is 0 Å². The first-order chi connectivity index (χ1) is 14.1. The summed E-state index contributed by atoms with van der Waals surface area (Å²) in [5.74, 6) is 0. The molecule has 0 aliphatic heterocycles. The number of phosphoric acid groups is 1. The number of hydrogen-bond acceptors (Lipinski definition) is 6. The van der Waals surface area contributed by atoms with E-state index in [-0.39, 0.29) is 0 Å². The van der Waals surface area contributed by atoms with Gasteiger partial charge in [0.2, 0.25) is 0 Å². The number of hydrogen-bond donors (Lipinski definition) is 4. The minimum Gasteiger partial charge on any atom is -0.382 e. The molecule has 0 aliphatic carbocycles. The van der Waals surface area contributed by atoms with Crippen LogP contribution in [0.1, 0.15) is 33.6 Å². The predicted octanol–water partition coefficient (Wildman–Crippen LogP) is 2.51. The maximum absolute atomic E-state index is 8.88. The zero-order chi connectivity index (χ0) is 22.3. The fourth-order valence-corrected chi connectivity index (χ4v) is 3.34. The molecule has 0 radical (unpaired) electrons. The van der Waals surface area contributed by atoms with Gasteiger partial charge in [-0.15, -0.1) is 0 Å². The van der Waals surface area contributed by atoms with Crippen LogP contribution in [-0.4, -0.2) is 65.2 Å². The van der Waals surface area contributed by atoms with Gasteiger partial charge in [0, 0.05) is 25.0 Å². The van der Waals surface area contributed by atoms with Crippen molar-refractivity contribution in [1.29, 1.82) is 0 Å². The van der Waals surface area contributed by atoms with E-state index in [1.807, 2.05) is 31.4 Å². The van der Waals surface area contributed by atoms with Crippen LogP contribution >= 0.6 is 7.82 Å². The molecule has 0 bridgehead atoms. The Bertz CT molecular complexity index is 993. The van der Waals surface area contributed by atoms with Gasteiger partial charge < -0.3 is 24.9 Å². The zero-order valence-electron chi connectivity index (χ0n) is 17.9. The number of nitrogens with zero attached hydrogens (tertiary/aromatic N) is 5. The molecule has 1 atom stereocenters. The number of aryl methyl sites for hydroxylation is 1. The highest BCUT2D eigenvalue weighted by Gasteiger charge is 2.12. The Morgan fingerprint density at radius 1 is 1.13 bits per heavy atom. The molecule has 3 aromatic rings. The normalized spacial score (nSPS) is 12.8. The molecule has 0 saturated heterocycles. The number of rotatable bonds is 8. The van der Waals surface area contributed by atoms with Gasteiger partial charge in [-0.05, 0) is 57.6 Å². The van der Waals surface area contributed by atoms with Crippen LogP contribution in [0.3, 0.4) is 0 Å². The lowest BCUT2D eigenvalue weighted by Gasteiger charge is -2.20. The van der Waals surface area contributed by atoms with Gasteiger partial charge in [0.15, 0.2) is 0 Å². The molecule has 2 aromatic heterocycles. The van der Waals surface area contributed by atoms with Crippen molar-refractivity contribution in [2.24, 2.45) is 7.05 Å². The first-order valence-corrected chi connectivity index (χ1v) is 11.5. The summed E-state index contributed by atoms with van der Waals surface area (Å²) >= 11 is 0. The molecule has 30 heavy (non-hydrogen) atoms. The molecule has 0 amide bonds. The van der Waals surface area contributed by atoms with Crippen LogP contribution in [0.4, 0.5) is 5.69 Å². The Morgan fingerprint density at radius 2 is 1.77 bits per heavy atom. The minimum absolute atomic E-state index is 0.396. The monoisotopic (exact) mass is 438 g/mol. The SMILES string of the molecule is CCN(CC)CCCC(C)Nc1ccnc2ccc3nn(C)nc3c12.O=P(O)(O)O. The zero-order valence-corrected chi connectivity index (χ0v) is 18.7. The van der Waals surface area contributed by atoms with Gasteiger partial charge in [-0.2, -0.15) is 15.0 Å². The van der Waals surface area contributed by atoms with E-state index < -0.39 is 7.82 Å². The standard InChI is InChI=1S/C19H28N6.H3O4P/c1-5-25(6-2)13-7-8-14(3)21-16-11-12-20-15-9-10-17-19(18(15)16)23-24(4)22-17;1-5(2,3)4/h9-12,14H,5-8,13H2,1-4H3,(H,20,21);(H3,1,2,3,4). The van der Waals surface area contributed by atoms with Crippen molar-refractivity contribution >= 4 is 35.4 Å². The van der Waals surface area contributed by atoms with E-state index in [9.17, 15) is 0 Å². The number of nitrogens with one attached hydrogen (secondary N) is 1. The highest BCUT2D eigenvalue weighted by Crippen LogP contribution is 2.29. The van der Waals surface area contributed by atoms with Crippen molar-refractivity contribution in [3.05, 3.63) is 24.4 Å². The molecule has 0 aliphatic rings. The minimum atomic E-state index is -4.64. The second-order valence-corrected chi connectivity index (χ2v) is 8.13. The molecule has 4 N–H and O–H groups in total. The second kappa shape index (κ2) is 10.8. The van der Waals surface area contributed by atoms with Crippen molar-refractivity contribution in [2.45, 2.75) is 39.7 Å². The van der Waals surface area contributed by atoms with Gasteiger partial charge in [-0.1, -0.05) is 13.8 Å². The van der Waals surface area contributed by atoms with Gasteiger partial charge in [0.25, 0.3) is 0 Å².